The van der Waals surface area contributed by atoms with E-state index in [4.69, 9.17) is 9.84 Å². The summed E-state index contributed by atoms with van der Waals surface area (Å²) in [5.41, 5.74) is 0.825. The van der Waals surface area contributed by atoms with Gasteiger partial charge < -0.3 is 15.2 Å². The van der Waals surface area contributed by atoms with Gasteiger partial charge in [-0.2, -0.15) is 0 Å². The Hall–Kier alpha value is -2.48. The van der Waals surface area contributed by atoms with E-state index in [-0.39, 0.29) is 13.0 Å². The van der Waals surface area contributed by atoms with Gasteiger partial charge in [0, 0.05) is 11.3 Å². The zero-order valence-corrected chi connectivity index (χ0v) is 11.7. The van der Waals surface area contributed by atoms with Crippen LogP contribution in [0.3, 0.4) is 0 Å². The number of nitrogens with one attached hydrogen (secondary N) is 1. The van der Waals surface area contributed by atoms with Gasteiger partial charge in [0.15, 0.2) is 0 Å². The van der Waals surface area contributed by atoms with Crippen molar-refractivity contribution in [2.75, 3.05) is 0 Å². The Kier molecular flexibility index (Phi) is 5.22. The number of hydrogen-bond acceptors (Lipinski definition) is 6. The van der Waals surface area contributed by atoms with Crippen LogP contribution in [0.2, 0.25) is 0 Å². The second-order valence-corrected chi connectivity index (χ2v) is 5.06. The van der Waals surface area contributed by atoms with E-state index in [1.54, 1.807) is 0 Å². The van der Waals surface area contributed by atoms with Crippen molar-refractivity contribution >= 4 is 23.6 Å². The molecule has 0 saturated carbocycles. The Bertz CT molecular complexity index is 589. The average Bonchev–Trinajstić information content (AvgIpc) is 2.98. The van der Waals surface area contributed by atoms with E-state index in [2.05, 4.69) is 14.9 Å². The Morgan fingerprint density at radius 1 is 1.33 bits per heavy atom. The van der Waals surface area contributed by atoms with E-state index in [1.165, 1.54) is 6.20 Å². The quantitative estimate of drug-likeness (QED) is 0.838. The Labute approximate surface area is 124 Å². The van der Waals surface area contributed by atoms with Crippen LogP contribution < -0.4 is 5.32 Å². The molecule has 0 bridgehead atoms. The number of carbonyl (C=O) groups excluding carboxylic acids is 1. The fourth-order valence-corrected chi connectivity index (χ4v) is 2.12. The summed E-state index contributed by atoms with van der Waals surface area (Å²) in [7, 11) is 0. The number of alkyl carbamates (subject to hydrolysis) is 1. The van der Waals surface area contributed by atoms with E-state index in [9.17, 15) is 9.59 Å². The molecule has 1 atom stereocenters. The molecule has 1 amide bonds. The monoisotopic (exact) mass is 307 g/mol. The third-order valence-corrected chi connectivity index (χ3v) is 3.30. The molecular weight excluding hydrogens is 294 g/mol. The first kappa shape index (κ1) is 14.9. The van der Waals surface area contributed by atoms with Crippen LogP contribution in [0, 0.1) is 0 Å². The number of nitrogens with zero attached hydrogens (tertiary/aromatic N) is 2. The van der Waals surface area contributed by atoms with Gasteiger partial charge in [-0.1, -0.05) is 34.8 Å². The molecule has 0 aliphatic carbocycles. The summed E-state index contributed by atoms with van der Waals surface area (Å²) in [6, 6.07) is 8.06. The molecule has 1 heterocycles. The molecule has 0 saturated heterocycles. The lowest BCUT2D eigenvalue weighted by molar-refractivity contribution is -0.139. The molecule has 0 aliphatic heterocycles. The first-order valence-corrected chi connectivity index (χ1v) is 6.89. The minimum Gasteiger partial charge on any atom is -0.480 e. The van der Waals surface area contributed by atoms with Crippen LogP contribution in [-0.2, 0) is 22.6 Å². The highest BCUT2D eigenvalue weighted by Crippen LogP contribution is 2.07. The fourth-order valence-electron chi connectivity index (χ4n) is 1.59. The highest BCUT2D eigenvalue weighted by molar-refractivity contribution is 7.05. The zero-order chi connectivity index (χ0) is 15.1. The van der Waals surface area contributed by atoms with Crippen molar-refractivity contribution < 1.29 is 19.4 Å². The predicted molar refractivity (Wildman–Crippen MR) is 74.8 cm³/mol. The third kappa shape index (κ3) is 4.84. The van der Waals surface area contributed by atoms with Crippen molar-refractivity contribution in [3.63, 3.8) is 0 Å². The number of carbonyl (C=O) groups is 2. The van der Waals surface area contributed by atoms with Gasteiger partial charge in [-0.15, -0.1) is 5.10 Å². The van der Waals surface area contributed by atoms with Crippen molar-refractivity contribution in [3.05, 3.63) is 47.0 Å². The first-order chi connectivity index (χ1) is 10.1. The zero-order valence-electron chi connectivity index (χ0n) is 10.9. The van der Waals surface area contributed by atoms with Crippen molar-refractivity contribution in [2.45, 2.75) is 19.1 Å². The molecule has 0 spiro atoms. The van der Waals surface area contributed by atoms with E-state index < -0.39 is 18.1 Å². The van der Waals surface area contributed by atoms with Gasteiger partial charge in [0.1, 0.15) is 12.6 Å². The highest BCUT2D eigenvalue weighted by Gasteiger charge is 2.22. The summed E-state index contributed by atoms with van der Waals surface area (Å²) in [5, 5.41) is 15.0. The van der Waals surface area contributed by atoms with Gasteiger partial charge in [0.2, 0.25) is 0 Å². The number of ether oxygens (including phenoxy) is 1. The van der Waals surface area contributed by atoms with Gasteiger partial charge in [-0.05, 0) is 17.1 Å². The van der Waals surface area contributed by atoms with Crippen LogP contribution in [-0.4, -0.2) is 32.8 Å². The summed E-state index contributed by atoms with van der Waals surface area (Å²) >= 11 is 1.09. The van der Waals surface area contributed by atoms with Crippen LogP contribution in [0.15, 0.2) is 36.5 Å². The summed E-state index contributed by atoms with van der Waals surface area (Å²) in [4.78, 5) is 23.4. The van der Waals surface area contributed by atoms with Gasteiger partial charge in [0.25, 0.3) is 0 Å². The Balaban J connectivity index is 1.85. The van der Waals surface area contributed by atoms with Crippen LogP contribution in [0.1, 0.15) is 10.4 Å². The number of amides is 1. The fraction of sp³-hybridized carbons (Fsp3) is 0.231. The molecule has 21 heavy (non-hydrogen) atoms. The SMILES string of the molecule is O=C(NC(Cc1cnns1)C(=O)O)OCc1ccccc1. The first-order valence-electron chi connectivity index (χ1n) is 6.11. The van der Waals surface area contributed by atoms with E-state index in [0.717, 1.165) is 17.1 Å². The second-order valence-electron chi connectivity index (χ2n) is 4.18. The molecule has 2 N–H and O–H groups in total. The number of aliphatic carboxylic acids is 1. The van der Waals surface area contributed by atoms with E-state index in [0.29, 0.717) is 4.88 Å². The van der Waals surface area contributed by atoms with Gasteiger partial charge in [-0.3, -0.25) is 0 Å². The van der Waals surface area contributed by atoms with Gasteiger partial charge in [0.05, 0.1) is 6.20 Å². The predicted octanol–water partition coefficient (Wildman–Crippen LogP) is 1.46. The maximum atomic E-state index is 11.6. The third-order valence-electron chi connectivity index (χ3n) is 2.62. The van der Waals surface area contributed by atoms with Gasteiger partial charge >= 0.3 is 12.1 Å². The van der Waals surface area contributed by atoms with Crippen LogP contribution in [0.4, 0.5) is 4.79 Å². The number of benzene rings is 1. The lowest BCUT2D eigenvalue weighted by atomic mass is 10.2. The number of hydrogen-bond donors (Lipinski definition) is 2. The maximum absolute atomic E-state index is 11.6. The molecule has 0 radical (unpaired) electrons. The Morgan fingerprint density at radius 3 is 2.71 bits per heavy atom. The van der Waals surface area contributed by atoms with Crippen LogP contribution in [0.25, 0.3) is 0 Å². The van der Waals surface area contributed by atoms with E-state index >= 15 is 0 Å². The molecule has 0 fully saturated rings. The van der Waals surface area contributed by atoms with Crippen molar-refractivity contribution in [3.8, 4) is 0 Å². The topological polar surface area (TPSA) is 101 Å². The van der Waals surface area contributed by atoms with Crippen LogP contribution in [0.5, 0.6) is 0 Å². The molecule has 2 rings (SSSR count). The largest absolute Gasteiger partial charge is 0.480 e. The second kappa shape index (κ2) is 7.34. The molecule has 8 heteroatoms. The van der Waals surface area contributed by atoms with Crippen molar-refractivity contribution in [1.29, 1.82) is 0 Å². The van der Waals surface area contributed by atoms with Crippen LogP contribution >= 0.6 is 11.5 Å². The molecule has 7 nitrogen and oxygen atoms in total. The summed E-state index contributed by atoms with van der Waals surface area (Å²) in [6.45, 7) is 0.0844. The van der Waals surface area contributed by atoms with E-state index in [1.807, 2.05) is 30.3 Å². The van der Waals surface area contributed by atoms with Crippen molar-refractivity contribution in [2.24, 2.45) is 0 Å². The lowest BCUT2D eigenvalue weighted by Crippen LogP contribution is -2.42. The molecule has 110 valence electrons. The molecule has 1 aromatic heterocycles. The number of carboxylic acid groups (broad SMARTS) is 1. The molecule has 2 aromatic rings. The minimum atomic E-state index is -1.14. The summed E-state index contributed by atoms with van der Waals surface area (Å²) < 4.78 is 8.63. The molecular formula is C13H13N3O4S. The molecule has 1 aromatic carbocycles. The lowest BCUT2D eigenvalue weighted by Gasteiger charge is -2.13. The maximum Gasteiger partial charge on any atom is 0.408 e. The van der Waals surface area contributed by atoms with Gasteiger partial charge in [-0.25, -0.2) is 9.59 Å². The standard InChI is InChI=1S/C13H13N3O4S/c17-12(18)11(6-10-7-14-16-21-10)15-13(19)20-8-9-4-2-1-3-5-9/h1-5,7,11H,6,8H2,(H,15,19)(H,17,18). The summed E-state index contributed by atoms with van der Waals surface area (Å²) in [5.74, 6) is -1.14. The number of aromatic nitrogens is 2. The smallest absolute Gasteiger partial charge is 0.408 e. The normalized spacial score (nSPS) is 11.6. The highest BCUT2D eigenvalue weighted by atomic mass is 32.1. The number of carboxylic acids is 1. The minimum absolute atomic E-state index is 0.0844. The molecule has 1 unspecified atom stereocenters. The number of rotatable bonds is 6. The van der Waals surface area contributed by atoms with Crippen molar-refractivity contribution in [1.82, 2.24) is 14.9 Å². The summed E-state index contributed by atoms with van der Waals surface area (Å²) in [6.07, 6.45) is 0.814. The Morgan fingerprint density at radius 2 is 2.10 bits per heavy atom. The average molecular weight is 307 g/mol. The molecule has 0 aliphatic rings.